The summed E-state index contributed by atoms with van der Waals surface area (Å²) in [6.07, 6.45) is 2.41. The summed E-state index contributed by atoms with van der Waals surface area (Å²) in [6, 6.07) is 3.86. The Morgan fingerprint density at radius 1 is 1.52 bits per heavy atom. The van der Waals surface area contributed by atoms with Crippen molar-refractivity contribution in [2.24, 2.45) is 0 Å². The molecule has 0 saturated heterocycles. The second kappa shape index (κ2) is 5.53. The van der Waals surface area contributed by atoms with Gasteiger partial charge in [0, 0.05) is 37.8 Å². The summed E-state index contributed by atoms with van der Waals surface area (Å²) in [4.78, 5) is 25.1. The Morgan fingerprint density at radius 3 is 3.19 bits per heavy atom. The molecule has 21 heavy (non-hydrogen) atoms. The molecule has 0 unspecified atom stereocenters. The normalized spacial score (nSPS) is 14.7. The number of methoxy groups -OCH3 is 1. The zero-order valence-corrected chi connectivity index (χ0v) is 11.8. The van der Waals surface area contributed by atoms with Gasteiger partial charge >= 0.3 is 0 Å². The number of ether oxygens (including phenoxy) is 1. The quantitative estimate of drug-likeness (QED) is 0.843. The van der Waals surface area contributed by atoms with E-state index in [-0.39, 0.29) is 11.5 Å². The number of H-pyrrole nitrogens is 1. The number of anilines is 1. The fourth-order valence-corrected chi connectivity index (χ4v) is 2.60. The lowest BCUT2D eigenvalue weighted by atomic mass is 10.1. The van der Waals surface area contributed by atoms with Crippen molar-refractivity contribution in [3.63, 3.8) is 0 Å². The van der Waals surface area contributed by atoms with Gasteiger partial charge in [-0.05, 0) is 6.07 Å². The van der Waals surface area contributed by atoms with Crippen LogP contribution in [0.4, 0.5) is 5.95 Å². The summed E-state index contributed by atoms with van der Waals surface area (Å²) < 4.78 is 5.26. The highest BCUT2D eigenvalue weighted by molar-refractivity contribution is 5.29. The highest BCUT2D eigenvalue weighted by atomic mass is 16.5. The second-order valence-electron chi connectivity index (χ2n) is 5.01. The molecule has 0 amide bonds. The lowest BCUT2D eigenvalue weighted by Gasteiger charge is -2.27. The molecule has 0 radical (unpaired) electrons. The van der Waals surface area contributed by atoms with Gasteiger partial charge in [-0.25, -0.2) is 9.97 Å². The van der Waals surface area contributed by atoms with Gasteiger partial charge < -0.3 is 10.5 Å². The minimum Gasteiger partial charge on any atom is -0.481 e. The van der Waals surface area contributed by atoms with Crippen LogP contribution in [0.15, 0.2) is 23.1 Å². The highest BCUT2D eigenvalue weighted by Crippen LogP contribution is 2.20. The van der Waals surface area contributed by atoms with Crippen LogP contribution in [-0.4, -0.2) is 33.5 Å². The van der Waals surface area contributed by atoms with Crippen molar-refractivity contribution in [2.75, 3.05) is 19.4 Å². The van der Waals surface area contributed by atoms with E-state index in [0.717, 1.165) is 17.8 Å². The standard InChI is InChI=1S/C14H17N5O2/c1-21-13-9(3-2-5-16-13)7-19-6-4-11-10(8-19)12(20)18-14(15)17-11/h2-3,5H,4,6-8H2,1H3,(H3,15,17,18,20). The van der Waals surface area contributed by atoms with Gasteiger partial charge in [0.05, 0.1) is 18.4 Å². The van der Waals surface area contributed by atoms with Gasteiger partial charge in [-0.15, -0.1) is 0 Å². The first-order valence-corrected chi connectivity index (χ1v) is 6.75. The van der Waals surface area contributed by atoms with Crippen molar-refractivity contribution in [3.05, 3.63) is 45.5 Å². The van der Waals surface area contributed by atoms with E-state index in [9.17, 15) is 4.79 Å². The van der Waals surface area contributed by atoms with Crippen LogP contribution in [0.3, 0.4) is 0 Å². The van der Waals surface area contributed by atoms with Crippen molar-refractivity contribution in [1.82, 2.24) is 19.9 Å². The lowest BCUT2D eigenvalue weighted by molar-refractivity contribution is 0.237. The first kappa shape index (κ1) is 13.6. The predicted octanol–water partition coefficient (Wildman–Crippen LogP) is 0.314. The number of nitrogen functional groups attached to an aromatic ring is 1. The number of rotatable bonds is 3. The molecule has 0 atom stereocenters. The number of nitrogens with two attached hydrogens (primary N) is 1. The van der Waals surface area contributed by atoms with Crippen LogP contribution in [0.1, 0.15) is 16.8 Å². The van der Waals surface area contributed by atoms with Gasteiger partial charge in [0.25, 0.3) is 5.56 Å². The Kier molecular flexibility index (Phi) is 3.57. The largest absolute Gasteiger partial charge is 0.481 e. The molecule has 3 rings (SSSR count). The van der Waals surface area contributed by atoms with Crippen LogP contribution in [0, 0.1) is 0 Å². The highest BCUT2D eigenvalue weighted by Gasteiger charge is 2.21. The van der Waals surface area contributed by atoms with Crippen molar-refractivity contribution in [2.45, 2.75) is 19.5 Å². The van der Waals surface area contributed by atoms with E-state index in [1.807, 2.05) is 12.1 Å². The molecule has 0 saturated carbocycles. The van der Waals surface area contributed by atoms with Crippen LogP contribution >= 0.6 is 0 Å². The minimum atomic E-state index is -0.152. The number of aromatic amines is 1. The van der Waals surface area contributed by atoms with Crippen molar-refractivity contribution >= 4 is 5.95 Å². The Labute approximate surface area is 121 Å². The van der Waals surface area contributed by atoms with Gasteiger partial charge in [0.1, 0.15) is 0 Å². The van der Waals surface area contributed by atoms with E-state index in [0.29, 0.717) is 31.0 Å². The van der Waals surface area contributed by atoms with Gasteiger partial charge in [-0.3, -0.25) is 14.7 Å². The maximum Gasteiger partial charge on any atom is 0.257 e. The fourth-order valence-electron chi connectivity index (χ4n) is 2.60. The van der Waals surface area contributed by atoms with Gasteiger partial charge in [0.2, 0.25) is 11.8 Å². The molecule has 1 aliphatic heterocycles. The molecular weight excluding hydrogens is 270 g/mol. The van der Waals surface area contributed by atoms with E-state index in [4.69, 9.17) is 10.5 Å². The molecule has 0 aliphatic carbocycles. The van der Waals surface area contributed by atoms with Crippen molar-refractivity contribution < 1.29 is 4.74 Å². The zero-order valence-electron chi connectivity index (χ0n) is 11.8. The number of hydrogen-bond acceptors (Lipinski definition) is 6. The zero-order chi connectivity index (χ0) is 14.8. The van der Waals surface area contributed by atoms with Gasteiger partial charge in [-0.1, -0.05) is 6.07 Å². The summed E-state index contributed by atoms with van der Waals surface area (Å²) >= 11 is 0. The molecule has 2 aromatic heterocycles. The summed E-state index contributed by atoms with van der Waals surface area (Å²) in [5, 5.41) is 0. The van der Waals surface area contributed by atoms with Crippen LogP contribution in [0.2, 0.25) is 0 Å². The fraction of sp³-hybridized carbons (Fsp3) is 0.357. The van der Waals surface area contributed by atoms with Crippen LogP contribution in [0.25, 0.3) is 0 Å². The number of aromatic nitrogens is 3. The molecule has 110 valence electrons. The maximum absolute atomic E-state index is 12.0. The van der Waals surface area contributed by atoms with Crippen molar-refractivity contribution in [1.29, 1.82) is 0 Å². The lowest BCUT2D eigenvalue weighted by Crippen LogP contribution is -2.35. The van der Waals surface area contributed by atoms with Gasteiger partial charge in [-0.2, -0.15) is 0 Å². The number of nitrogens with one attached hydrogen (secondary N) is 1. The molecule has 3 N–H and O–H groups in total. The Morgan fingerprint density at radius 2 is 2.38 bits per heavy atom. The molecule has 0 spiro atoms. The van der Waals surface area contributed by atoms with E-state index in [1.54, 1.807) is 13.3 Å². The average molecular weight is 287 g/mol. The smallest absolute Gasteiger partial charge is 0.257 e. The minimum absolute atomic E-state index is 0.152. The summed E-state index contributed by atoms with van der Waals surface area (Å²) in [5.41, 5.74) is 7.91. The van der Waals surface area contributed by atoms with Crippen LogP contribution in [0.5, 0.6) is 5.88 Å². The van der Waals surface area contributed by atoms with Crippen LogP contribution < -0.4 is 16.0 Å². The molecule has 7 heteroatoms. The molecule has 3 heterocycles. The summed E-state index contributed by atoms with van der Waals surface area (Å²) in [5.74, 6) is 0.800. The SMILES string of the molecule is COc1ncccc1CN1CCc2nc(N)[nH]c(=O)c2C1. The number of hydrogen-bond donors (Lipinski definition) is 2. The monoisotopic (exact) mass is 287 g/mol. The molecular formula is C14H17N5O2. The first-order valence-electron chi connectivity index (χ1n) is 6.75. The second-order valence-corrected chi connectivity index (χ2v) is 5.01. The molecule has 7 nitrogen and oxygen atoms in total. The third kappa shape index (κ3) is 2.73. The van der Waals surface area contributed by atoms with E-state index in [2.05, 4.69) is 19.9 Å². The Balaban J connectivity index is 1.82. The number of nitrogens with zero attached hydrogens (tertiary/aromatic N) is 3. The summed E-state index contributed by atoms with van der Waals surface area (Å²) in [7, 11) is 1.61. The average Bonchev–Trinajstić information content (AvgIpc) is 2.48. The Bertz CT molecular complexity index is 713. The third-order valence-electron chi connectivity index (χ3n) is 3.60. The molecule has 0 aromatic carbocycles. The van der Waals surface area contributed by atoms with Gasteiger partial charge in [0.15, 0.2) is 0 Å². The third-order valence-corrected chi connectivity index (χ3v) is 3.60. The van der Waals surface area contributed by atoms with E-state index < -0.39 is 0 Å². The molecule has 0 bridgehead atoms. The first-order chi connectivity index (χ1) is 10.2. The van der Waals surface area contributed by atoms with Crippen LogP contribution in [-0.2, 0) is 19.5 Å². The Hall–Kier alpha value is -2.41. The topological polar surface area (TPSA) is 97.1 Å². The molecule has 1 aliphatic rings. The van der Waals surface area contributed by atoms with E-state index >= 15 is 0 Å². The van der Waals surface area contributed by atoms with Crippen molar-refractivity contribution in [3.8, 4) is 5.88 Å². The predicted molar refractivity (Wildman–Crippen MR) is 77.9 cm³/mol. The van der Waals surface area contributed by atoms with E-state index in [1.165, 1.54) is 0 Å². The number of pyridine rings is 1. The molecule has 2 aromatic rings. The number of fused-ring (bicyclic) bond motifs is 1. The summed E-state index contributed by atoms with van der Waals surface area (Å²) in [6.45, 7) is 2.05. The maximum atomic E-state index is 12.0. The molecule has 0 fully saturated rings.